The van der Waals surface area contributed by atoms with Gasteiger partial charge in [0.25, 0.3) is 0 Å². The number of nitrogens with zero attached hydrogens (tertiary/aromatic N) is 1. The van der Waals surface area contributed by atoms with E-state index in [4.69, 9.17) is 11.6 Å². The molecule has 1 fully saturated rings. The molecule has 1 nitrogen and oxygen atoms in total. The maximum absolute atomic E-state index is 5.92. The van der Waals surface area contributed by atoms with Crippen LogP contribution in [-0.4, -0.2) is 23.4 Å². The van der Waals surface area contributed by atoms with Gasteiger partial charge in [-0.2, -0.15) is 0 Å². The maximum atomic E-state index is 5.92. The predicted octanol–water partition coefficient (Wildman–Crippen LogP) is 4.12. The van der Waals surface area contributed by atoms with Crippen LogP contribution in [0.15, 0.2) is 17.5 Å². The summed E-state index contributed by atoms with van der Waals surface area (Å²) < 4.78 is 0. The van der Waals surface area contributed by atoms with Gasteiger partial charge in [0.2, 0.25) is 0 Å². The van der Waals surface area contributed by atoms with Crippen molar-refractivity contribution in [2.24, 2.45) is 0 Å². The molecule has 1 heterocycles. The fourth-order valence-corrected chi connectivity index (χ4v) is 3.49. The molecule has 0 bridgehead atoms. The highest BCUT2D eigenvalue weighted by Crippen LogP contribution is 2.24. The SMILES string of the molecule is ClCCN(Cc1cccs1)C1CCCCC1. The number of hydrogen-bond acceptors (Lipinski definition) is 2. The molecule has 0 N–H and O–H groups in total. The Morgan fingerprint density at radius 2 is 2.12 bits per heavy atom. The van der Waals surface area contributed by atoms with Crippen LogP contribution in [0.2, 0.25) is 0 Å². The van der Waals surface area contributed by atoms with Crippen molar-refractivity contribution in [3.63, 3.8) is 0 Å². The van der Waals surface area contributed by atoms with Crippen LogP contribution in [0, 0.1) is 0 Å². The summed E-state index contributed by atoms with van der Waals surface area (Å²) in [6.07, 6.45) is 6.94. The Morgan fingerprint density at radius 3 is 2.75 bits per heavy atom. The third-order valence-electron chi connectivity index (χ3n) is 3.40. The van der Waals surface area contributed by atoms with Gasteiger partial charge in [0.15, 0.2) is 0 Å². The van der Waals surface area contributed by atoms with Gasteiger partial charge in [0, 0.05) is 29.9 Å². The van der Waals surface area contributed by atoms with Crippen LogP contribution in [0.25, 0.3) is 0 Å². The van der Waals surface area contributed by atoms with Gasteiger partial charge in [-0.25, -0.2) is 0 Å². The molecular weight excluding hydrogens is 238 g/mol. The van der Waals surface area contributed by atoms with Gasteiger partial charge in [0.1, 0.15) is 0 Å². The predicted molar refractivity (Wildman–Crippen MR) is 72.3 cm³/mol. The lowest BCUT2D eigenvalue weighted by Gasteiger charge is -2.33. The van der Waals surface area contributed by atoms with Gasteiger partial charge in [-0.05, 0) is 24.3 Å². The Morgan fingerprint density at radius 1 is 1.31 bits per heavy atom. The van der Waals surface area contributed by atoms with E-state index < -0.39 is 0 Å². The van der Waals surface area contributed by atoms with Crippen molar-refractivity contribution in [3.05, 3.63) is 22.4 Å². The van der Waals surface area contributed by atoms with E-state index in [9.17, 15) is 0 Å². The number of rotatable bonds is 5. The van der Waals surface area contributed by atoms with Gasteiger partial charge in [-0.3, -0.25) is 4.90 Å². The van der Waals surface area contributed by atoms with Gasteiger partial charge in [-0.15, -0.1) is 22.9 Å². The summed E-state index contributed by atoms with van der Waals surface area (Å²) in [5, 5.41) is 2.16. The first kappa shape index (κ1) is 12.4. The van der Waals surface area contributed by atoms with Crippen LogP contribution in [0.1, 0.15) is 37.0 Å². The van der Waals surface area contributed by atoms with E-state index >= 15 is 0 Å². The van der Waals surface area contributed by atoms with E-state index in [0.717, 1.165) is 25.0 Å². The normalized spacial score (nSPS) is 18.1. The molecule has 0 aliphatic heterocycles. The van der Waals surface area contributed by atoms with Crippen LogP contribution < -0.4 is 0 Å². The van der Waals surface area contributed by atoms with Crippen LogP contribution in [-0.2, 0) is 6.54 Å². The molecule has 2 rings (SSSR count). The number of halogens is 1. The van der Waals surface area contributed by atoms with Crippen molar-refractivity contribution in [3.8, 4) is 0 Å². The van der Waals surface area contributed by atoms with Crippen LogP contribution in [0.4, 0.5) is 0 Å². The van der Waals surface area contributed by atoms with Gasteiger partial charge >= 0.3 is 0 Å². The molecule has 0 unspecified atom stereocenters. The summed E-state index contributed by atoms with van der Waals surface area (Å²) >= 11 is 7.77. The van der Waals surface area contributed by atoms with E-state index in [0.29, 0.717) is 0 Å². The lowest BCUT2D eigenvalue weighted by molar-refractivity contribution is 0.158. The van der Waals surface area contributed by atoms with Crippen molar-refractivity contribution in [1.29, 1.82) is 0 Å². The first-order chi connectivity index (χ1) is 7.90. The minimum Gasteiger partial charge on any atom is -0.294 e. The molecule has 0 saturated heterocycles. The largest absolute Gasteiger partial charge is 0.294 e. The first-order valence-electron chi connectivity index (χ1n) is 6.22. The van der Waals surface area contributed by atoms with Crippen molar-refractivity contribution < 1.29 is 0 Å². The van der Waals surface area contributed by atoms with Crippen molar-refractivity contribution in [2.75, 3.05) is 12.4 Å². The third-order valence-corrected chi connectivity index (χ3v) is 4.43. The molecule has 0 amide bonds. The molecule has 0 aromatic carbocycles. The minimum atomic E-state index is 0.752. The Kier molecular flexibility index (Phi) is 5.14. The summed E-state index contributed by atoms with van der Waals surface area (Å²) in [5.74, 6) is 0.752. The molecule has 3 heteroatoms. The highest BCUT2D eigenvalue weighted by molar-refractivity contribution is 7.09. The second-order valence-corrected chi connectivity index (χ2v) is 5.94. The minimum absolute atomic E-state index is 0.752. The lowest BCUT2D eigenvalue weighted by atomic mass is 9.94. The molecule has 90 valence electrons. The zero-order valence-electron chi connectivity index (χ0n) is 9.70. The molecule has 1 aromatic heterocycles. The average Bonchev–Trinajstić information content (AvgIpc) is 2.83. The summed E-state index contributed by atoms with van der Waals surface area (Å²) in [5.41, 5.74) is 0. The van der Waals surface area contributed by atoms with Crippen molar-refractivity contribution >= 4 is 22.9 Å². The van der Waals surface area contributed by atoms with E-state index in [-0.39, 0.29) is 0 Å². The Bertz CT molecular complexity index is 280. The molecule has 1 aromatic rings. The Labute approximate surface area is 107 Å². The molecule has 0 radical (unpaired) electrons. The first-order valence-corrected chi connectivity index (χ1v) is 7.64. The number of alkyl halides is 1. The van der Waals surface area contributed by atoms with E-state index in [1.165, 1.54) is 37.0 Å². The fourth-order valence-electron chi connectivity index (χ4n) is 2.55. The second-order valence-electron chi connectivity index (χ2n) is 4.53. The Balaban J connectivity index is 1.92. The zero-order chi connectivity index (χ0) is 11.2. The lowest BCUT2D eigenvalue weighted by Crippen LogP contribution is -2.37. The Hall–Kier alpha value is -0.0500. The monoisotopic (exact) mass is 257 g/mol. The summed E-state index contributed by atoms with van der Waals surface area (Å²) in [6, 6.07) is 5.14. The number of hydrogen-bond donors (Lipinski definition) is 0. The van der Waals surface area contributed by atoms with Gasteiger partial charge in [-0.1, -0.05) is 25.3 Å². The average molecular weight is 258 g/mol. The van der Waals surface area contributed by atoms with Crippen LogP contribution >= 0.6 is 22.9 Å². The van der Waals surface area contributed by atoms with E-state index in [2.05, 4.69) is 22.4 Å². The highest BCUT2D eigenvalue weighted by atomic mass is 35.5. The quantitative estimate of drug-likeness (QED) is 0.718. The standard InChI is InChI=1S/C13H20ClNS/c14-8-9-15(11-13-7-4-10-16-13)12-5-2-1-3-6-12/h4,7,10,12H,1-3,5-6,8-9,11H2. The van der Waals surface area contributed by atoms with Crippen molar-refractivity contribution in [1.82, 2.24) is 4.90 Å². The fraction of sp³-hybridized carbons (Fsp3) is 0.692. The molecule has 0 spiro atoms. The number of thiophene rings is 1. The summed E-state index contributed by atoms with van der Waals surface area (Å²) in [7, 11) is 0. The highest BCUT2D eigenvalue weighted by Gasteiger charge is 2.20. The van der Waals surface area contributed by atoms with E-state index in [1.54, 1.807) is 0 Å². The van der Waals surface area contributed by atoms with Crippen LogP contribution in [0.3, 0.4) is 0 Å². The second kappa shape index (κ2) is 6.63. The van der Waals surface area contributed by atoms with Gasteiger partial charge < -0.3 is 0 Å². The summed E-state index contributed by atoms with van der Waals surface area (Å²) in [4.78, 5) is 4.05. The van der Waals surface area contributed by atoms with Crippen molar-refractivity contribution in [2.45, 2.75) is 44.7 Å². The molecule has 1 aliphatic rings. The topological polar surface area (TPSA) is 3.24 Å². The summed E-state index contributed by atoms with van der Waals surface area (Å²) in [6.45, 7) is 2.12. The maximum Gasteiger partial charge on any atom is 0.0351 e. The van der Waals surface area contributed by atoms with E-state index in [1.807, 2.05) is 11.3 Å². The zero-order valence-corrected chi connectivity index (χ0v) is 11.3. The molecule has 1 saturated carbocycles. The van der Waals surface area contributed by atoms with Gasteiger partial charge in [0.05, 0.1) is 0 Å². The molecule has 1 aliphatic carbocycles. The molecule has 0 atom stereocenters. The smallest absolute Gasteiger partial charge is 0.0351 e. The third kappa shape index (κ3) is 3.47. The molecule has 16 heavy (non-hydrogen) atoms. The van der Waals surface area contributed by atoms with Crippen LogP contribution in [0.5, 0.6) is 0 Å². The molecular formula is C13H20ClNS.